The van der Waals surface area contributed by atoms with E-state index in [0.717, 1.165) is 12.1 Å². The highest BCUT2D eigenvalue weighted by Gasteiger charge is 2.19. The minimum absolute atomic E-state index is 0.324. The van der Waals surface area contributed by atoms with Crippen LogP contribution in [0.15, 0.2) is 40.5 Å². The highest BCUT2D eigenvalue weighted by atomic mass is 32.2. The summed E-state index contributed by atoms with van der Waals surface area (Å²) in [5, 5.41) is 8.78. The van der Waals surface area contributed by atoms with Crippen molar-refractivity contribution in [1.29, 1.82) is 0 Å². The summed E-state index contributed by atoms with van der Waals surface area (Å²) in [5.41, 5.74) is 7.99. The first-order valence-corrected chi connectivity index (χ1v) is 5.72. The normalized spacial score (nSPS) is 20.7. The quantitative estimate of drug-likeness (QED) is 0.827. The average Bonchev–Trinajstić information content (AvgIpc) is 2.25. The summed E-state index contributed by atoms with van der Waals surface area (Å²) in [6.07, 6.45) is 0.955. The molecule has 1 aromatic rings. The van der Waals surface area contributed by atoms with Gasteiger partial charge in [-0.1, -0.05) is 42.1 Å². The van der Waals surface area contributed by atoms with Gasteiger partial charge in [0.25, 0.3) is 0 Å². The zero-order valence-electron chi connectivity index (χ0n) is 8.55. The molecule has 0 spiro atoms. The summed E-state index contributed by atoms with van der Waals surface area (Å²) in [7, 11) is 0. The molecule has 0 amide bonds. The minimum atomic E-state index is 0.324. The van der Waals surface area contributed by atoms with Gasteiger partial charge in [-0.2, -0.15) is 5.10 Å². The van der Waals surface area contributed by atoms with Crippen LogP contribution in [0.4, 0.5) is 0 Å². The van der Waals surface area contributed by atoms with E-state index in [1.54, 1.807) is 11.8 Å². The van der Waals surface area contributed by atoms with Crippen LogP contribution >= 0.6 is 11.8 Å². The molecular formula is C11H13N3S. The summed E-state index contributed by atoms with van der Waals surface area (Å²) in [5.74, 6) is 0. The molecule has 1 aliphatic rings. The molecule has 0 aliphatic carbocycles. The lowest BCUT2D eigenvalue weighted by molar-refractivity contribution is 1.03. The van der Waals surface area contributed by atoms with Crippen molar-refractivity contribution in [3.05, 3.63) is 35.9 Å². The summed E-state index contributed by atoms with van der Waals surface area (Å²) < 4.78 is 0. The van der Waals surface area contributed by atoms with Crippen molar-refractivity contribution >= 4 is 22.6 Å². The van der Waals surface area contributed by atoms with E-state index in [1.807, 2.05) is 25.1 Å². The molecule has 1 atom stereocenters. The molecule has 0 saturated heterocycles. The Balaban J connectivity index is 2.08. The van der Waals surface area contributed by atoms with Crippen LogP contribution in [0.25, 0.3) is 0 Å². The number of amidine groups is 1. The Morgan fingerprint density at radius 2 is 2.00 bits per heavy atom. The number of hydrogen-bond donors (Lipinski definition) is 1. The molecule has 2 rings (SSSR count). The molecule has 78 valence electrons. The second-order valence-electron chi connectivity index (χ2n) is 3.48. The molecule has 4 heteroatoms. The van der Waals surface area contributed by atoms with Crippen LogP contribution < -0.4 is 5.73 Å². The molecule has 0 unspecified atom stereocenters. The van der Waals surface area contributed by atoms with Crippen molar-refractivity contribution < 1.29 is 0 Å². The van der Waals surface area contributed by atoms with Gasteiger partial charge in [-0.15, -0.1) is 5.10 Å². The van der Waals surface area contributed by atoms with Crippen LogP contribution in [0.5, 0.6) is 0 Å². The maximum Gasteiger partial charge on any atom is 0.181 e. The van der Waals surface area contributed by atoms with Crippen molar-refractivity contribution in [2.45, 2.75) is 18.6 Å². The topological polar surface area (TPSA) is 50.7 Å². The molecule has 1 aliphatic heterocycles. The Labute approximate surface area is 93.5 Å². The van der Waals surface area contributed by atoms with Gasteiger partial charge in [0.1, 0.15) is 0 Å². The Bertz CT molecular complexity index is 398. The number of thioether (sulfide) groups is 1. The Morgan fingerprint density at radius 1 is 1.27 bits per heavy atom. The van der Waals surface area contributed by atoms with Crippen molar-refractivity contribution in [1.82, 2.24) is 0 Å². The fourth-order valence-electron chi connectivity index (χ4n) is 1.46. The molecule has 3 nitrogen and oxygen atoms in total. The lowest BCUT2D eigenvalue weighted by Gasteiger charge is -2.17. The first-order valence-electron chi connectivity index (χ1n) is 4.84. The summed E-state index contributed by atoms with van der Waals surface area (Å²) in [4.78, 5) is 0. The molecule has 1 aromatic carbocycles. The third-order valence-corrected chi connectivity index (χ3v) is 3.41. The smallest absolute Gasteiger partial charge is 0.181 e. The van der Waals surface area contributed by atoms with Gasteiger partial charge in [-0.05, 0) is 18.9 Å². The predicted octanol–water partition coefficient (Wildman–Crippen LogP) is 2.04. The van der Waals surface area contributed by atoms with Crippen molar-refractivity contribution in [3.8, 4) is 0 Å². The zero-order chi connectivity index (χ0) is 10.7. The van der Waals surface area contributed by atoms with Crippen LogP contribution in [-0.4, -0.2) is 16.1 Å². The average molecular weight is 219 g/mol. The first kappa shape index (κ1) is 10.2. The second-order valence-corrected chi connectivity index (χ2v) is 4.70. The summed E-state index contributed by atoms with van der Waals surface area (Å²) in [6, 6.07) is 10.4. The van der Waals surface area contributed by atoms with Crippen LogP contribution in [0.2, 0.25) is 0 Å². The number of benzene rings is 1. The van der Waals surface area contributed by atoms with Gasteiger partial charge in [-0.25, -0.2) is 0 Å². The number of rotatable bonds is 2. The lowest BCUT2D eigenvalue weighted by Crippen LogP contribution is -2.25. The van der Waals surface area contributed by atoms with Crippen molar-refractivity contribution in [3.63, 3.8) is 0 Å². The predicted molar refractivity (Wildman–Crippen MR) is 66.3 cm³/mol. The number of nitrogens with zero attached hydrogens (tertiary/aromatic N) is 2. The van der Waals surface area contributed by atoms with Crippen LogP contribution in [-0.2, 0) is 6.42 Å². The summed E-state index contributed by atoms with van der Waals surface area (Å²) >= 11 is 1.59. The van der Waals surface area contributed by atoms with Crippen molar-refractivity contribution in [2.24, 2.45) is 15.9 Å². The molecule has 15 heavy (non-hydrogen) atoms. The maximum absolute atomic E-state index is 5.65. The van der Waals surface area contributed by atoms with Gasteiger partial charge in [0.2, 0.25) is 0 Å². The van der Waals surface area contributed by atoms with Gasteiger partial charge < -0.3 is 5.73 Å². The fraction of sp³-hybridized carbons (Fsp3) is 0.273. The van der Waals surface area contributed by atoms with Crippen LogP contribution in [0, 0.1) is 0 Å². The molecule has 2 N–H and O–H groups in total. The Hall–Kier alpha value is -1.29. The SMILES string of the molecule is CC1=NN=C(N)S[C@H]1Cc1ccccc1. The molecule has 0 fully saturated rings. The van der Waals surface area contributed by atoms with E-state index in [9.17, 15) is 0 Å². The third-order valence-electron chi connectivity index (χ3n) is 2.30. The molecule has 0 bridgehead atoms. The highest BCUT2D eigenvalue weighted by molar-refractivity contribution is 8.15. The van der Waals surface area contributed by atoms with Gasteiger partial charge in [0, 0.05) is 0 Å². The standard InChI is InChI=1S/C11H13N3S/c1-8-10(15-11(12)14-13-8)7-9-5-3-2-4-6-9/h2-6,10H,7H2,1H3,(H2,12,14)/t10-/m0/s1. The monoisotopic (exact) mass is 219 g/mol. The van der Waals surface area contributed by atoms with Crippen LogP contribution in [0.1, 0.15) is 12.5 Å². The number of nitrogens with two attached hydrogens (primary N) is 1. The Morgan fingerprint density at radius 3 is 2.73 bits per heavy atom. The maximum atomic E-state index is 5.65. The van der Waals surface area contributed by atoms with E-state index in [0.29, 0.717) is 10.4 Å². The van der Waals surface area contributed by atoms with E-state index in [2.05, 4.69) is 22.3 Å². The third kappa shape index (κ3) is 2.59. The first-order chi connectivity index (χ1) is 7.25. The van der Waals surface area contributed by atoms with E-state index in [1.165, 1.54) is 5.56 Å². The van der Waals surface area contributed by atoms with Crippen LogP contribution in [0.3, 0.4) is 0 Å². The second kappa shape index (κ2) is 4.49. The highest BCUT2D eigenvalue weighted by Crippen LogP contribution is 2.21. The van der Waals surface area contributed by atoms with E-state index in [4.69, 9.17) is 5.73 Å². The largest absolute Gasteiger partial charge is 0.377 e. The molecular weight excluding hydrogens is 206 g/mol. The molecule has 0 saturated carbocycles. The van der Waals surface area contributed by atoms with Crippen molar-refractivity contribution in [2.75, 3.05) is 0 Å². The zero-order valence-corrected chi connectivity index (χ0v) is 9.37. The van der Waals surface area contributed by atoms with E-state index >= 15 is 0 Å². The lowest BCUT2D eigenvalue weighted by atomic mass is 10.1. The van der Waals surface area contributed by atoms with Gasteiger partial charge in [0.05, 0.1) is 11.0 Å². The van der Waals surface area contributed by atoms with Gasteiger partial charge in [0.15, 0.2) is 5.17 Å². The summed E-state index contributed by atoms with van der Waals surface area (Å²) in [6.45, 7) is 2.00. The molecule has 0 radical (unpaired) electrons. The molecule has 1 heterocycles. The van der Waals surface area contributed by atoms with E-state index < -0.39 is 0 Å². The fourth-order valence-corrected chi connectivity index (χ4v) is 2.34. The van der Waals surface area contributed by atoms with Gasteiger partial charge >= 0.3 is 0 Å². The minimum Gasteiger partial charge on any atom is -0.377 e. The Kier molecular flexibility index (Phi) is 3.06. The van der Waals surface area contributed by atoms with Gasteiger partial charge in [-0.3, -0.25) is 0 Å². The number of hydrogen-bond acceptors (Lipinski definition) is 4. The molecule has 0 aromatic heterocycles. The van der Waals surface area contributed by atoms with E-state index in [-0.39, 0.29) is 0 Å².